The number of sulfone groups is 1. The topological polar surface area (TPSA) is 98.8 Å². The Kier molecular flexibility index (Phi) is 4.42. The van der Waals surface area contributed by atoms with Crippen molar-refractivity contribution in [1.82, 2.24) is 0 Å². The summed E-state index contributed by atoms with van der Waals surface area (Å²) in [6.07, 6.45) is -0.0921. The van der Waals surface area contributed by atoms with Gasteiger partial charge in [-0.05, 0) is 17.7 Å². The summed E-state index contributed by atoms with van der Waals surface area (Å²) in [5.74, 6) is 0.289. The summed E-state index contributed by atoms with van der Waals surface area (Å²) in [4.78, 5) is 0. The molecule has 1 aromatic rings. The summed E-state index contributed by atoms with van der Waals surface area (Å²) in [6.45, 7) is 0. The van der Waals surface area contributed by atoms with Crippen molar-refractivity contribution in [1.29, 1.82) is 0 Å². The lowest BCUT2D eigenvalue weighted by molar-refractivity contribution is 0.201. The first kappa shape index (κ1) is 14.6. The Morgan fingerprint density at radius 2 is 1.72 bits per heavy atom. The maximum Gasteiger partial charge on any atom is 0.150 e. The maximum absolute atomic E-state index is 11.1. The normalized spacial score (nSPS) is 13.1. The predicted octanol–water partition coefficient (Wildman–Crippen LogP) is 0.364. The first-order chi connectivity index (χ1) is 8.28. The van der Waals surface area contributed by atoms with Gasteiger partial charge in [-0.1, -0.05) is 0 Å². The van der Waals surface area contributed by atoms with Gasteiger partial charge >= 0.3 is 0 Å². The molecule has 0 aliphatic carbocycles. The fourth-order valence-electron chi connectivity index (χ4n) is 1.53. The zero-order valence-electron chi connectivity index (χ0n) is 10.5. The van der Waals surface area contributed by atoms with Gasteiger partial charge in [-0.25, -0.2) is 8.42 Å². The summed E-state index contributed by atoms with van der Waals surface area (Å²) in [5.41, 5.74) is 6.43. The Bertz CT molecular complexity index is 501. The molecule has 0 radical (unpaired) electrons. The highest BCUT2D eigenvalue weighted by Gasteiger charge is 2.18. The molecule has 1 atom stereocenters. The summed E-state index contributed by atoms with van der Waals surface area (Å²) in [6, 6.07) is 2.99. The minimum atomic E-state index is -3.28. The molecule has 0 aliphatic rings. The van der Waals surface area contributed by atoms with Crippen LogP contribution in [0.25, 0.3) is 0 Å². The van der Waals surface area contributed by atoms with Gasteiger partial charge in [0.05, 0.1) is 26.1 Å². The molecule has 0 fully saturated rings. The quantitative estimate of drug-likeness (QED) is 0.753. The zero-order valence-corrected chi connectivity index (χ0v) is 11.3. The number of nitrogens with two attached hydrogens (primary N) is 1. The lowest BCUT2D eigenvalue weighted by Crippen LogP contribution is -2.13. The molecule has 0 aliphatic heterocycles. The van der Waals surface area contributed by atoms with Crippen LogP contribution in [0.1, 0.15) is 11.7 Å². The van der Waals surface area contributed by atoms with Gasteiger partial charge in [-0.3, -0.25) is 0 Å². The lowest BCUT2D eigenvalue weighted by Gasteiger charge is -2.15. The van der Waals surface area contributed by atoms with Crippen LogP contribution in [0.4, 0.5) is 5.69 Å². The summed E-state index contributed by atoms with van der Waals surface area (Å²) >= 11 is 0. The molecule has 0 spiro atoms. The van der Waals surface area contributed by atoms with Crippen LogP contribution in [0, 0.1) is 0 Å². The fourth-order valence-corrected chi connectivity index (χ4v) is 2.30. The van der Waals surface area contributed by atoms with Crippen LogP contribution < -0.4 is 15.2 Å². The van der Waals surface area contributed by atoms with Crippen LogP contribution in [0.3, 0.4) is 0 Å². The number of hydrogen-bond donors (Lipinski definition) is 2. The number of benzene rings is 1. The van der Waals surface area contributed by atoms with E-state index in [9.17, 15) is 13.5 Å². The Labute approximate surface area is 106 Å². The third kappa shape index (κ3) is 3.51. The first-order valence-electron chi connectivity index (χ1n) is 5.15. The summed E-state index contributed by atoms with van der Waals surface area (Å²) in [7, 11) is -0.427. The molecule has 18 heavy (non-hydrogen) atoms. The number of anilines is 1. The second-order valence-electron chi connectivity index (χ2n) is 3.95. The third-order valence-electron chi connectivity index (χ3n) is 2.41. The molecule has 0 aromatic heterocycles. The van der Waals surface area contributed by atoms with Gasteiger partial charge in [0.25, 0.3) is 0 Å². The first-order valence-corrected chi connectivity index (χ1v) is 7.21. The van der Waals surface area contributed by atoms with Crippen molar-refractivity contribution in [2.45, 2.75) is 6.10 Å². The Hall–Kier alpha value is -1.47. The lowest BCUT2D eigenvalue weighted by atomic mass is 10.1. The van der Waals surface area contributed by atoms with Gasteiger partial charge in [0.15, 0.2) is 0 Å². The van der Waals surface area contributed by atoms with Gasteiger partial charge in [-0.2, -0.15) is 0 Å². The van der Waals surface area contributed by atoms with Gasteiger partial charge < -0.3 is 20.3 Å². The average molecular weight is 275 g/mol. The van der Waals surface area contributed by atoms with Crippen LogP contribution in [0.15, 0.2) is 12.1 Å². The van der Waals surface area contributed by atoms with Crippen LogP contribution in [0.2, 0.25) is 0 Å². The van der Waals surface area contributed by atoms with Gasteiger partial charge in [0.2, 0.25) is 0 Å². The highest BCUT2D eigenvalue weighted by Crippen LogP contribution is 2.35. The second-order valence-corrected chi connectivity index (χ2v) is 6.13. The number of rotatable bonds is 5. The molecule has 0 saturated carbocycles. The van der Waals surface area contributed by atoms with E-state index in [1.165, 1.54) is 26.4 Å². The number of aliphatic hydroxyl groups is 1. The fraction of sp³-hybridized carbons (Fsp3) is 0.455. The van der Waals surface area contributed by atoms with Crippen LogP contribution >= 0.6 is 0 Å². The molecule has 0 heterocycles. The Morgan fingerprint density at radius 3 is 2.06 bits per heavy atom. The number of hydrogen-bond acceptors (Lipinski definition) is 6. The highest BCUT2D eigenvalue weighted by atomic mass is 32.2. The van der Waals surface area contributed by atoms with E-state index in [1.807, 2.05) is 0 Å². The van der Waals surface area contributed by atoms with E-state index in [2.05, 4.69) is 0 Å². The van der Waals surface area contributed by atoms with E-state index < -0.39 is 15.9 Å². The zero-order chi connectivity index (χ0) is 13.9. The van der Waals surface area contributed by atoms with Crippen molar-refractivity contribution < 1.29 is 23.0 Å². The molecule has 1 rings (SSSR count). The Morgan fingerprint density at radius 1 is 1.28 bits per heavy atom. The van der Waals surface area contributed by atoms with Crippen LogP contribution in [0.5, 0.6) is 11.5 Å². The molecular formula is C11H17NO5S. The highest BCUT2D eigenvalue weighted by molar-refractivity contribution is 7.90. The number of methoxy groups -OCH3 is 2. The van der Waals surface area contributed by atoms with Crippen molar-refractivity contribution in [3.05, 3.63) is 17.7 Å². The average Bonchev–Trinajstić information content (AvgIpc) is 2.27. The van der Waals surface area contributed by atoms with E-state index in [0.717, 1.165) is 6.26 Å². The molecule has 3 N–H and O–H groups in total. The van der Waals surface area contributed by atoms with Crippen molar-refractivity contribution in [2.75, 3.05) is 32.0 Å². The number of ether oxygens (including phenoxy) is 2. The van der Waals surface area contributed by atoms with Gasteiger partial charge in [0.1, 0.15) is 27.0 Å². The maximum atomic E-state index is 11.1. The monoisotopic (exact) mass is 275 g/mol. The number of nitrogen functional groups attached to an aromatic ring is 1. The van der Waals surface area contributed by atoms with Crippen molar-refractivity contribution in [3.63, 3.8) is 0 Å². The van der Waals surface area contributed by atoms with E-state index in [0.29, 0.717) is 22.7 Å². The predicted molar refractivity (Wildman–Crippen MR) is 68.6 cm³/mol. The van der Waals surface area contributed by atoms with E-state index in [-0.39, 0.29) is 5.75 Å². The van der Waals surface area contributed by atoms with E-state index >= 15 is 0 Å². The van der Waals surface area contributed by atoms with Crippen molar-refractivity contribution >= 4 is 15.5 Å². The van der Waals surface area contributed by atoms with Crippen LogP contribution in [-0.4, -0.2) is 39.8 Å². The molecule has 0 amide bonds. The van der Waals surface area contributed by atoms with Gasteiger partial charge in [-0.15, -0.1) is 0 Å². The molecule has 7 heteroatoms. The standard InChI is InChI=1S/C11H17NO5S/c1-16-9-4-7(5-10(17-2)11(9)12)8(13)6-18(3,14)15/h4-5,8,13H,6,12H2,1-3H3. The second kappa shape index (κ2) is 5.45. The van der Waals surface area contributed by atoms with Crippen molar-refractivity contribution in [3.8, 4) is 11.5 Å². The molecular weight excluding hydrogens is 258 g/mol. The van der Waals surface area contributed by atoms with E-state index in [1.54, 1.807) is 0 Å². The van der Waals surface area contributed by atoms with E-state index in [4.69, 9.17) is 15.2 Å². The third-order valence-corrected chi connectivity index (χ3v) is 3.33. The minimum absolute atomic E-state index is 0.301. The summed E-state index contributed by atoms with van der Waals surface area (Å²) < 4.78 is 32.4. The van der Waals surface area contributed by atoms with Gasteiger partial charge in [0, 0.05) is 6.26 Å². The van der Waals surface area contributed by atoms with Crippen molar-refractivity contribution in [2.24, 2.45) is 0 Å². The molecule has 0 bridgehead atoms. The van der Waals surface area contributed by atoms with Crippen LogP contribution in [-0.2, 0) is 9.84 Å². The molecule has 102 valence electrons. The Balaban J connectivity index is 3.17. The minimum Gasteiger partial charge on any atom is -0.494 e. The largest absolute Gasteiger partial charge is 0.494 e. The molecule has 0 saturated heterocycles. The smallest absolute Gasteiger partial charge is 0.150 e. The number of aliphatic hydroxyl groups excluding tert-OH is 1. The molecule has 1 aromatic carbocycles. The molecule has 6 nitrogen and oxygen atoms in total. The SMILES string of the molecule is COc1cc(C(O)CS(C)(=O)=O)cc(OC)c1N. The summed E-state index contributed by atoms with van der Waals surface area (Å²) in [5, 5.41) is 9.86. The molecule has 1 unspecified atom stereocenters.